The number of aromatic carboxylic acids is 1. The molecule has 0 saturated carbocycles. The number of carboxylic acids is 1. The minimum Gasteiger partial charge on any atom is -0.495 e. The van der Waals surface area contributed by atoms with Gasteiger partial charge in [-0.15, -0.1) is 0 Å². The van der Waals surface area contributed by atoms with E-state index in [9.17, 15) is 14.4 Å². The molecular weight excluding hydrogens is 486 g/mol. The first kappa shape index (κ1) is 22.8. The zero-order valence-corrected chi connectivity index (χ0v) is 19.1. The fourth-order valence-electron chi connectivity index (χ4n) is 3.18. The molecule has 160 valence electrons. The van der Waals surface area contributed by atoms with Crippen LogP contribution < -0.4 is 10.3 Å². The van der Waals surface area contributed by atoms with Gasteiger partial charge < -0.3 is 14.4 Å². The molecule has 8 heteroatoms. The Hall–Kier alpha value is -2.90. The minimum absolute atomic E-state index is 0.0669. The Kier molecular flexibility index (Phi) is 6.97. The molecule has 0 bridgehead atoms. The molecule has 0 aliphatic carbocycles. The lowest BCUT2D eigenvalue weighted by Crippen LogP contribution is -2.28. The smallest absolute Gasteiger partial charge is 0.335 e. The first-order valence-electron chi connectivity index (χ1n) is 9.31. The molecule has 1 aromatic heterocycles. The van der Waals surface area contributed by atoms with Crippen LogP contribution in [0.2, 0.25) is 5.02 Å². The molecule has 6 nitrogen and oxygen atoms in total. The van der Waals surface area contributed by atoms with E-state index in [1.165, 1.54) is 36.1 Å². The molecule has 3 rings (SSSR count). The van der Waals surface area contributed by atoms with Gasteiger partial charge in [-0.25, -0.2) is 4.79 Å². The highest BCUT2D eigenvalue weighted by molar-refractivity contribution is 9.10. The van der Waals surface area contributed by atoms with Crippen molar-refractivity contribution in [3.8, 4) is 16.9 Å². The summed E-state index contributed by atoms with van der Waals surface area (Å²) in [5.41, 5.74) is 1.71. The molecular formula is C23H19BrClNO5. The van der Waals surface area contributed by atoms with Crippen molar-refractivity contribution in [3.63, 3.8) is 0 Å². The number of ketones is 1. The Labute approximate surface area is 192 Å². The Morgan fingerprint density at radius 2 is 1.81 bits per heavy atom. The van der Waals surface area contributed by atoms with Crippen molar-refractivity contribution >= 4 is 39.3 Å². The normalized spacial score (nSPS) is 11.7. The van der Waals surface area contributed by atoms with Crippen molar-refractivity contribution in [3.05, 3.63) is 85.7 Å². The van der Waals surface area contributed by atoms with Gasteiger partial charge in [0.25, 0.3) is 5.56 Å². The van der Waals surface area contributed by atoms with E-state index in [0.717, 1.165) is 4.47 Å². The number of carbonyl (C=O) groups is 2. The van der Waals surface area contributed by atoms with Gasteiger partial charge in [0.15, 0.2) is 5.78 Å². The predicted octanol–water partition coefficient (Wildman–Crippen LogP) is 5.01. The fraction of sp³-hybridized carbons (Fsp3) is 0.174. The van der Waals surface area contributed by atoms with Crippen molar-refractivity contribution in [2.75, 3.05) is 7.11 Å². The van der Waals surface area contributed by atoms with Crippen LogP contribution in [0.25, 0.3) is 11.1 Å². The molecule has 2 aromatic carbocycles. The second kappa shape index (κ2) is 9.49. The number of nitrogens with zero attached hydrogens (tertiary/aromatic N) is 1. The second-order valence-corrected chi connectivity index (χ2v) is 8.24. The summed E-state index contributed by atoms with van der Waals surface area (Å²) < 4.78 is 7.56. The third-order valence-electron chi connectivity index (χ3n) is 4.95. The maximum Gasteiger partial charge on any atom is 0.335 e. The van der Waals surface area contributed by atoms with Gasteiger partial charge in [-0.05, 0) is 42.8 Å². The quantitative estimate of drug-likeness (QED) is 0.489. The number of ether oxygens (including phenoxy) is 1. The molecule has 31 heavy (non-hydrogen) atoms. The Morgan fingerprint density at radius 3 is 2.42 bits per heavy atom. The van der Waals surface area contributed by atoms with Gasteiger partial charge in [-0.1, -0.05) is 39.7 Å². The van der Waals surface area contributed by atoms with Crippen LogP contribution in [-0.2, 0) is 11.2 Å². The van der Waals surface area contributed by atoms with E-state index in [2.05, 4.69) is 15.9 Å². The SMILES string of the molecule is COc1cn(C(C)C(=O)Cc2ccc(C(=O)O)cc2)c(=O)cc1-c1cc(Cl)ccc1Br. The van der Waals surface area contributed by atoms with Crippen LogP contribution in [0.3, 0.4) is 0 Å². The third kappa shape index (κ3) is 5.06. The average Bonchev–Trinajstić information content (AvgIpc) is 2.75. The number of rotatable bonds is 7. The number of carboxylic acid groups (broad SMARTS) is 1. The fourth-order valence-corrected chi connectivity index (χ4v) is 3.81. The van der Waals surface area contributed by atoms with E-state index in [4.69, 9.17) is 21.4 Å². The first-order chi connectivity index (χ1) is 14.7. The van der Waals surface area contributed by atoms with E-state index < -0.39 is 12.0 Å². The summed E-state index contributed by atoms with van der Waals surface area (Å²) in [6.07, 6.45) is 1.58. The number of aromatic nitrogens is 1. The Bertz CT molecular complexity index is 1200. The predicted molar refractivity (Wildman–Crippen MR) is 122 cm³/mol. The zero-order chi connectivity index (χ0) is 22.7. The van der Waals surface area contributed by atoms with Crippen LogP contribution in [0.4, 0.5) is 0 Å². The molecule has 0 radical (unpaired) electrons. The molecule has 0 spiro atoms. The van der Waals surface area contributed by atoms with Crippen LogP contribution in [0.1, 0.15) is 28.9 Å². The summed E-state index contributed by atoms with van der Waals surface area (Å²) in [5, 5.41) is 9.50. The molecule has 1 N–H and O–H groups in total. The van der Waals surface area contributed by atoms with Crippen LogP contribution in [0.5, 0.6) is 5.75 Å². The summed E-state index contributed by atoms with van der Waals surface area (Å²) >= 11 is 9.57. The number of carbonyl (C=O) groups excluding carboxylic acids is 1. The highest BCUT2D eigenvalue weighted by Gasteiger charge is 2.20. The van der Waals surface area contributed by atoms with Gasteiger partial charge in [0.2, 0.25) is 0 Å². The van der Waals surface area contributed by atoms with Crippen molar-refractivity contribution in [2.45, 2.75) is 19.4 Å². The number of Topliss-reactive ketones (excluding diaryl/α,β-unsaturated/α-hetero) is 1. The Balaban J connectivity index is 1.91. The van der Waals surface area contributed by atoms with E-state index in [-0.39, 0.29) is 23.3 Å². The van der Waals surface area contributed by atoms with Gasteiger partial charge in [0.1, 0.15) is 5.75 Å². The number of methoxy groups -OCH3 is 1. The van der Waals surface area contributed by atoms with Crippen molar-refractivity contribution in [1.82, 2.24) is 4.57 Å². The molecule has 0 aliphatic heterocycles. The lowest BCUT2D eigenvalue weighted by Gasteiger charge is -2.18. The largest absolute Gasteiger partial charge is 0.495 e. The van der Waals surface area contributed by atoms with Crippen LogP contribution in [0.15, 0.2) is 64.0 Å². The van der Waals surface area contributed by atoms with Crippen LogP contribution >= 0.6 is 27.5 Å². The first-order valence-corrected chi connectivity index (χ1v) is 10.5. The average molecular weight is 505 g/mol. The zero-order valence-electron chi connectivity index (χ0n) is 16.8. The molecule has 0 saturated heterocycles. The minimum atomic E-state index is -1.03. The summed E-state index contributed by atoms with van der Waals surface area (Å²) in [6, 6.07) is 12.0. The standard InChI is InChI=1S/C23H19BrClNO5/c1-13(20(27)9-14-3-5-15(6-4-14)23(29)30)26-12-21(31-2)18(11-22(26)28)17-10-16(25)7-8-19(17)24/h3-8,10-13H,9H2,1-2H3,(H,29,30). The van der Waals surface area contributed by atoms with E-state index in [1.54, 1.807) is 37.3 Å². The summed E-state index contributed by atoms with van der Waals surface area (Å²) in [6.45, 7) is 1.64. The lowest BCUT2D eigenvalue weighted by atomic mass is 10.0. The molecule has 1 unspecified atom stereocenters. The van der Waals surface area contributed by atoms with Crippen molar-refractivity contribution in [1.29, 1.82) is 0 Å². The summed E-state index contributed by atoms with van der Waals surface area (Å²) in [7, 11) is 1.49. The molecule has 1 atom stereocenters. The van der Waals surface area contributed by atoms with E-state index in [0.29, 0.717) is 27.5 Å². The lowest BCUT2D eigenvalue weighted by molar-refractivity contribution is -0.121. The number of benzene rings is 2. The number of halogens is 2. The summed E-state index contributed by atoms with van der Waals surface area (Å²) in [4.78, 5) is 36.6. The van der Waals surface area contributed by atoms with E-state index in [1.807, 2.05) is 0 Å². The van der Waals surface area contributed by atoms with Gasteiger partial charge in [-0.2, -0.15) is 0 Å². The second-order valence-electron chi connectivity index (χ2n) is 6.95. The highest BCUT2D eigenvalue weighted by atomic mass is 79.9. The van der Waals surface area contributed by atoms with Crippen LogP contribution in [-0.4, -0.2) is 28.5 Å². The maximum atomic E-state index is 12.8. The van der Waals surface area contributed by atoms with Crippen molar-refractivity contribution < 1.29 is 19.4 Å². The number of pyridine rings is 1. The molecule has 1 heterocycles. The highest BCUT2D eigenvalue weighted by Crippen LogP contribution is 2.36. The molecule has 3 aromatic rings. The monoisotopic (exact) mass is 503 g/mol. The van der Waals surface area contributed by atoms with Gasteiger partial charge in [-0.3, -0.25) is 9.59 Å². The third-order valence-corrected chi connectivity index (χ3v) is 5.87. The molecule has 0 aliphatic rings. The molecule has 0 amide bonds. The number of hydrogen-bond donors (Lipinski definition) is 1. The Morgan fingerprint density at radius 1 is 1.13 bits per heavy atom. The maximum absolute atomic E-state index is 12.8. The van der Waals surface area contributed by atoms with Gasteiger partial charge in [0, 0.05) is 33.1 Å². The van der Waals surface area contributed by atoms with Gasteiger partial charge in [0.05, 0.1) is 24.9 Å². The topological polar surface area (TPSA) is 85.6 Å². The van der Waals surface area contributed by atoms with Crippen molar-refractivity contribution in [2.24, 2.45) is 0 Å². The van der Waals surface area contributed by atoms with Gasteiger partial charge >= 0.3 is 5.97 Å². The molecule has 0 fully saturated rings. The summed E-state index contributed by atoms with van der Waals surface area (Å²) in [5.74, 6) is -0.798. The van der Waals surface area contributed by atoms with E-state index >= 15 is 0 Å². The van der Waals surface area contributed by atoms with Crippen LogP contribution in [0, 0.1) is 0 Å². The number of hydrogen-bond acceptors (Lipinski definition) is 4.